The average Bonchev–Trinajstić information content (AvgIpc) is 3.09. The summed E-state index contributed by atoms with van der Waals surface area (Å²) in [5.74, 6) is -0.821. The summed E-state index contributed by atoms with van der Waals surface area (Å²) in [5, 5.41) is 3.65. The molecule has 1 fully saturated rings. The number of benzene rings is 1. The second-order valence-corrected chi connectivity index (χ2v) is 6.70. The van der Waals surface area contributed by atoms with Crippen molar-refractivity contribution >= 4 is 27.9 Å². The molecule has 4 rings (SSSR count). The third kappa shape index (κ3) is 2.67. The van der Waals surface area contributed by atoms with E-state index in [4.69, 9.17) is 0 Å². The van der Waals surface area contributed by atoms with Gasteiger partial charge in [-0.2, -0.15) is 0 Å². The maximum atomic E-state index is 14.0. The first-order chi connectivity index (χ1) is 11.2. The van der Waals surface area contributed by atoms with E-state index in [0.29, 0.717) is 11.3 Å². The summed E-state index contributed by atoms with van der Waals surface area (Å²) < 4.78 is 27.6. The van der Waals surface area contributed by atoms with Crippen molar-refractivity contribution in [3.63, 3.8) is 0 Å². The van der Waals surface area contributed by atoms with Crippen LogP contribution in [0.15, 0.2) is 36.0 Å². The summed E-state index contributed by atoms with van der Waals surface area (Å²) in [4.78, 5) is 10.7. The van der Waals surface area contributed by atoms with E-state index in [0.717, 1.165) is 42.7 Å². The number of pyridine rings is 1. The Hall–Kier alpha value is -2.08. The number of anilines is 1. The highest BCUT2D eigenvalue weighted by molar-refractivity contribution is 7.09. The highest BCUT2D eigenvalue weighted by Gasteiger charge is 2.24. The van der Waals surface area contributed by atoms with E-state index < -0.39 is 11.6 Å². The lowest BCUT2D eigenvalue weighted by Gasteiger charge is -2.34. The molecule has 1 unspecified atom stereocenters. The molecule has 2 aromatic heterocycles. The normalized spacial score (nSPS) is 18.5. The fourth-order valence-corrected chi connectivity index (χ4v) is 4.04. The highest BCUT2D eigenvalue weighted by Crippen LogP contribution is 2.34. The Morgan fingerprint density at radius 2 is 2.09 bits per heavy atom. The average molecular weight is 331 g/mol. The van der Waals surface area contributed by atoms with Crippen molar-refractivity contribution in [2.75, 3.05) is 18.0 Å². The van der Waals surface area contributed by atoms with Gasteiger partial charge in [-0.25, -0.2) is 13.8 Å². The Morgan fingerprint density at radius 3 is 2.91 bits per heavy atom. The second-order valence-electron chi connectivity index (χ2n) is 5.77. The Bertz CT molecular complexity index is 835. The summed E-state index contributed by atoms with van der Waals surface area (Å²) in [5.41, 5.74) is 1.06. The second kappa shape index (κ2) is 5.85. The van der Waals surface area contributed by atoms with Crippen LogP contribution in [0, 0.1) is 11.6 Å². The monoisotopic (exact) mass is 331 g/mol. The molecule has 1 atom stereocenters. The van der Waals surface area contributed by atoms with Crippen LogP contribution < -0.4 is 4.90 Å². The minimum Gasteiger partial charge on any atom is -0.370 e. The van der Waals surface area contributed by atoms with E-state index in [1.54, 1.807) is 17.5 Å². The lowest BCUT2D eigenvalue weighted by Crippen LogP contribution is -2.34. The van der Waals surface area contributed by atoms with Crippen LogP contribution in [0.1, 0.15) is 23.8 Å². The minimum atomic E-state index is -0.615. The van der Waals surface area contributed by atoms with Gasteiger partial charge < -0.3 is 4.90 Å². The van der Waals surface area contributed by atoms with Gasteiger partial charge in [-0.1, -0.05) is 0 Å². The first-order valence-corrected chi connectivity index (χ1v) is 8.48. The lowest BCUT2D eigenvalue weighted by molar-refractivity contribution is 0.509. The fourth-order valence-electron chi connectivity index (χ4n) is 3.27. The first kappa shape index (κ1) is 14.5. The molecule has 0 spiro atoms. The van der Waals surface area contributed by atoms with Crippen LogP contribution >= 0.6 is 11.3 Å². The molecule has 23 heavy (non-hydrogen) atoms. The van der Waals surface area contributed by atoms with E-state index >= 15 is 0 Å². The number of piperidine rings is 1. The molecule has 6 heteroatoms. The number of fused-ring (bicyclic) bond motifs is 1. The van der Waals surface area contributed by atoms with Gasteiger partial charge in [-0.3, -0.25) is 4.98 Å². The summed E-state index contributed by atoms with van der Waals surface area (Å²) in [6, 6.07) is 4.09. The van der Waals surface area contributed by atoms with E-state index in [1.807, 2.05) is 17.6 Å². The van der Waals surface area contributed by atoms with Gasteiger partial charge in [0.05, 0.1) is 5.01 Å². The predicted molar refractivity (Wildman–Crippen MR) is 88.0 cm³/mol. The van der Waals surface area contributed by atoms with E-state index in [1.165, 1.54) is 6.07 Å². The van der Waals surface area contributed by atoms with E-state index in [-0.39, 0.29) is 5.52 Å². The van der Waals surface area contributed by atoms with Crippen LogP contribution in [-0.4, -0.2) is 23.1 Å². The van der Waals surface area contributed by atoms with Gasteiger partial charge in [-0.05, 0) is 25.0 Å². The number of aromatic nitrogens is 2. The first-order valence-electron chi connectivity index (χ1n) is 7.60. The predicted octanol–water partition coefficient (Wildman–Crippen LogP) is 4.35. The van der Waals surface area contributed by atoms with Gasteiger partial charge in [0.1, 0.15) is 11.3 Å². The van der Waals surface area contributed by atoms with E-state index in [9.17, 15) is 8.78 Å². The smallest absolute Gasteiger partial charge is 0.152 e. The van der Waals surface area contributed by atoms with Gasteiger partial charge in [0.15, 0.2) is 5.82 Å². The number of nitrogens with zero attached hydrogens (tertiary/aromatic N) is 3. The molecular weight excluding hydrogens is 316 g/mol. The van der Waals surface area contributed by atoms with Gasteiger partial charge >= 0.3 is 0 Å². The van der Waals surface area contributed by atoms with Crippen molar-refractivity contribution < 1.29 is 8.78 Å². The third-order valence-electron chi connectivity index (χ3n) is 4.30. The SMILES string of the molecule is Fc1cc(F)c2nccc(N3CCCC(c4nccs4)C3)c2c1. The Labute approximate surface area is 136 Å². The summed E-state index contributed by atoms with van der Waals surface area (Å²) >= 11 is 1.67. The molecule has 1 saturated heterocycles. The number of hydrogen-bond acceptors (Lipinski definition) is 4. The summed E-state index contributed by atoms with van der Waals surface area (Å²) in [6.45, 7) is 1.68. The minimum absolute atomic E-state index is 0.222. The van der Waals surface area contributed by atoms with Gasteiger partial charge in [0.2, 0.25) is 0 Å². The highest BCUT2D eigenvalue weighted by atomic mass is 32.1. The van der Waals surface area contributed by atoms with Crippen LogP contribution in [0.4, 0.5) is 14.5 Å². The van der Waals surface area contributed by atoms with Crippen LogP contribution in [0.5, 0.6) is 0 Å². The van der Waals surface area contributed by atoms with Crippen LogP contribution in [0.2, 0.25) is 0 Å². The van der Waals surface area contributed by atoms with Crippen molar-refractivity contribution in [3.05, 3.63) is 52.6 Å². The molecule has 3 heterocycles. The van der Waals surface area contributed by atoms with Gasteiger partial charge in [-0.15, -0.1) is 11.3 Å². The van der Waals surface area contributed by atoms with Crippen molar-refractivity contribution in [2.24, 2.45) is 0 Å². The standard InChI is InChI=1S/C17H15F2N3S/c18-12-8-13-15(3-4-20-16(13)14(19)9-12)22-6-1-2-11(10-22)17-21-5-7-23-17/h3-5,7-9,11H,1-2,6,10H2. The molecule has 0 N–H and O–H groups in total. The maximum absolute atomic E-state index is 14.0. The topological polar surface area (TPSA) is 29.0 Å². The molecule has 1 aliphatic heterocycles. The Kier molecular flexibility index (Phi) is 3.69. The molecule has 0 aliphatic carbocycles. The van der Waals surface area contributed by atoms with Crippen molar-refractivity contribution in [2.45, 2.75) is 18.8 Å². The van der Waals surface area contributed by atoms with Crippen molar-refractivity contribution in [1.29, 1.82) is 0 Å². The third-order valence-corrected chi connectivity index (χ3v) is 5.24. The molecule has 0 amide bonds. The number of thiazole rings is 1. The number of rotatable bonds is 2. The molecular formula is C17H15F2N3S. The Morgan fingerprint density at radius 1 is 1.17 bits per heavy atom. The zero-order valence-electron chi connectivity index (χ0n) is 12.4. The van der Waals surface area contributed by atoms with Crippen molar-refractivity contribution in [1.82, 2.24) is 9.97 Å². The zero-order valence-corrected chi connectivity index (χ0v) is 13.2. The van der Waals surface area contributed by atoms with Crippen LogP contribution in [0.25, 0.3) is 10.9 Å². The number of hydrogen-bond donors (Lipinski definition) is 0. The molecule has 1 aromatic carbocycles. The van der Waals surface area contributed by atoms with Crippen molar-refractivity contribution in [3.8, 4) is 0 Å². The number of halogens is 2. The molecule has 0 bridgehead atoms. The van der Waals surface area contributed by atoms with Crippen LogP contribution in [0.3, 0.4) is 0 Å². The van der Waals surface area contributed by atoms with Gasteiger partial charge in [0, 0.05) is 53.9 Å². The van der Waals surface area contributed by atoms with Crippen LogP contribution in [-0.2, 0) is 0 Å². The summed E-state index contributed by atoms with van der Waals surface area (Å²) in [6.07, 6.45) is 5.54. The fraction of sp³-hybridized carbons (Fsp3) is 0.294. The molecule has 3 nitrogen and oxygen atoms in total. The summed E-state index contributed by atoms with van der Waals surface area (Å²) in [7, 11) is 0. The quantitative estimate of drug-likeness (QED) is 0.699. The molecule has 0 saturated carbocycles. The Balaban J connectivity index is 1.74. The lowest BCUT2D eigenvalue weighted by atomic mass is 9.97. The van der Waals surface area contributed by atoms with E-state index in [2.05, 4.69) is 14.9 Å². The maximum Gasteiger partial charge on any atom is 0.152 e. The molecule has 118 valence electrons. The molecule has 1 aliphatic rings. The van der Waals surface area contributed by atoms with Gasteiger partial charge in [0.25, 0.3) is 0 Å². The zero-order chi connectivity index (χ0) is 15.8. The molecule has 3 aromatic rings. The molecule has 0 radical (unpaired) electrons. The largest absolute Gasteiger partial charge is 0.370 e.